The first-order valence-corrected chi connectivity index (χ1v) is 8.01. The van der Waals surface area contributed by atoms with Crippen LogP contribution in [0.1, 0.15) is 17.5 Å². The molecule has 0 atom stereocenters. The molecule has 3 rings (SSSR count). The average Bonchev–Trinajstić information content (AvgIpc) is 2.81. The Labute approximate surface area is 141 Å². The first-order chi connectivity index (χ1) is 11.6. The lowest BCUT2D eigenvalue weighted by molar-refractivity contribution is -0.118. The predicted molar refractivity (Wildman–Crippen MR) is 92.1 cm³/mol. The minimum Gasteiger partial charge on any atom is -0.490 e. The third-order valence-electron chi connectivity index (χ3n) is 3.88. The van der Waals surface area contributed by atoms with Gasteiger partial charge in [0.15, 0.2) is 18.1 Å². The summed E-state index contributed by atoms with van der Waals surface area (Å²) in [5, 5.41) is 2.81. The molecule has 0 unspecified atom stereocenters. The van der Waals surface area contributed by atoms with Crippen molar-refractivity contribution in [3.8, 4) is 17.2 Å². The van der Waals surface area contributed by atoms with Crippen LogP contribution in [0.15, 0.2) is 36.4 Å². The third kappa shape index (κ3) is 3.98. The highest BCUT2D eigenvalue weighted by atomic mass is 16.5. The van der Waals surface area contributed by atoms with E-state index in [2.05, 4.69) is 5.32 Å². The number of aryl methyl sites for hydroxylation is 2. The molecule has 1 N–H and O–H groups in total. The number of ether oxygens (including phenoxy) is 3. The molecule has 5 heteroatoms. The lowest BCUT2D eigenvalue weighted by Gasteiger charge is -2.11. The van der Waals surface area contributed by atoms with Gasteiger partial charge in [-0.3, -0.25) is 4.79 Å². The zero-order valence-electron chi connectivity index (χ0n) is 13.9. The molecule has 1 aliphatic heterocycles. The second-order valence-electron chi connectivity index (χ2n) is 5.79. The Balaban J connectivity index is 1.58. The molecule has 1 heterocycles. The molecule has 126 valence electrons. The number of carbonyl (C=O) groups excluding carboxylic acids is 1. The van der Waals surface area contributed by atoms with Crippen molar-refractivity contribution in [3.05, 3.63) is 47.5 Å². The number of amides is 1. The number of nitrogens with one attached hydrogen (secondary N) is 1. The van der Waals surface area contributed by atoms with Crippen LogP contribution in [0.2, 0.25) is 0 Å². The van der Waals surface area contributed by atoms with Crippen LogP contribution in [-0.2, 0) is 4.79 Å². The van der Waals surface area contributed by atoms with Crippen molar-refractivity contribution < 1.29 is 19.0 Å². The lowest BCUT2D eigenvalue weighted by atomic mass is 10.1. The second kappa shape index (κ2) is 7.25. The van der Waals surface area contributed by atoms with Crippen LogP contribution in [0.25, 0.3) is 0 Å². The summed E-state index contributed by atoms with van der Waals surface area (Å²) in [4.78, 5) is 12.1. The molecule has 0 aromatic heterocycles. The second-order valence-corrected chi connectivity index (χ2v) is 5.79. The standard InChI is InChI=1S/C19H21NO4/c1-13-4-6-16(10-14(13)2)24-12-19(21)20-15-5-7-17-18(11-15)23-9-3-8-22-17/h4-7,10-11H,3,8-9,12H2,1-2H3,(H,20,21). The number of rotatable bonds is 4. The van der Waals surface area contributed by atoms with Gasteiger partial charge >= 0.3 is 0 Å². The van der Waals surface area contributed by atoms with Gasteiger partial charge < -0.3 is 19.5 Å². The Morgan fingerprint density at radius 2 is 1.83 bits per heavy atom. The van der Waals surface area contributed by atoms with Gasteiger partial charge in [0.25, 0.3) is 5.91 Å². The zero-order valence-corrected chi connectivity index (χ0v) is 13.9. The minimum atomic E-state index is -0.220. The zero-order chi connectivity index (χ0) is 16.9. The van der Waals surface area contributed by atoms with Gasteiger partial charge in [-0.2, -0.15) is 0 Å². The van der Waals surface area contributed by atoms with Gasteiger partial charge in [0.1, 0.15) is 5.75 Å². The van der Waals surface area contributed by atoms with Crippen molar-refractivity contribution >= 4 is 11.6 Å². The molecule has 2 aromatic carbocycles. The maximum absolute atomic E-state index is 12.1. The summed E-state index contributed by atoms with van der Waals surface area (Å²) in [5.74, 6) is 1.83. The highest BCUT2D eigenvalue weighted by Crippen LogP contribution is 2.32. The summed E-state index contributed by atoms with van der Waals surface area (Å²) in [5.41, 5.74) is 2.99. The van der Waals surface area contributed by atoms with Gasteiger partial charge in [-0.05, 0) is 49.2 Å². The van der Waals surface area contributed by atoms with Gasteiger partial charge in [0.05, 0.1) is 13.2 Å². The minimum absolute atomic E-state index is 0.0447. The van der Waals surface area contributed by atoms with Gasteiger partial charge in [0, 0.05) is 18.2 Å². The Morgan fingerprint density at radius 1 is 1.04 bits per heavy atom. The monoisotopic (exact) mass is 327 g/mol. The SMILES string of the molecule is Cc1ccc(OCC(=O)Nc2ccc3c(c2)OCCCO3)cc1C. The number of carbonyl (C=O) groups is 1. The Morgan fingerprint density at radius 3 is 2.62 bits per heavy atom. The van der Waals surface area contributed by atoms with Crippen LogP contribution in [0.5, 0.6) is 17.2 Å². The van der Waals surface area contributed by atoms with Gasteiger partial charge in [0.2, 0.25) is 0 Å². The van der Waals surface area contributed by atoms with Crippen molar-refractivity contribution in [3.63, 3.8) is 0 Å². The Bertz CT molecular complexity index is 742. The molecular formula is C19H21NO4. The maximum atomic E-state index is 12.1. The molecule has 5 nitrogen and oxygen atoms in total. The van der Waals surface area contributed by atoms with E-state index in [1.54, 1.807) is 18.2 Å². The van der Waals surface area contributed by atoms with Crippen LogP contribution in [0, 0.1) is 13.8 Å². The molecule has 0 saturated heterocycles. The van der Waals surface area contributed by atoms with E-state index in [4.69, 9.17) is 14.2 Å². The Hall–Kier alpha value is -2.69. The lowest BCUT2D eigenvalue weighted by Crippen LogP contribution is -2.20. The van der Waals surface area contributed by atoms with Crippen LogP contribution in [0.3, 0.4) is 0 Å². The quantitative estimate of drug-likeness (QED) is 0.934. The van der Waals surface area contributed by atoms with Crippen molar-refractivity contribution in [2.45, 2.75) is 20.3 Å². The third-order valence-corrected chi connectivity index (χ3v) is 3.88. The maximum Gasteiger partial charge on any atom is 0.262 e. The Kier molecular flexibility index (Phi) is 4.89. The molecule has 0 fully saturated rings. The summed E-state index contributed by atoms with van der Waals surface area (Å²) in [7, 11) is 0. The van der Waals surface area contributed by atoms with Gasteiger partial charge in [-0.15, -0.1) is 0 Å². The van der Waals surface area contributed by atoms with Crippen molar-refractivity contribution in [2.24, 2.45) is 0 Å². The number of anilines is 1. The normalized spacial score (nSPS) is 13.1. The van der Waals surface area contributed by atoms with E-state index in [1.807, 2.05) is 32.0 Å². The first-order valence-electron chi connectivity index (χ1n) is 8.01. The molecule has 1 amide bonds. The molecule has 2 aromatic rings. The first kappa shape index (κ1) is 16.2. The summed E-state index contributed by atoms with van der Waals surface area (Å²) < 4.78 is 16.7. The summed E-state index contributed by atoms with van der Waals surface area (Å²) in [6, 6.07) is 11.1. The van der Waals surface area contributed by atoms with Crippen LogP contribution in [-0.4, -0.2) is 25.7 Å². The molecule has 0 bridgehead atoms. The molecule has 0 radical (unpaired) electrons. The van der Waals surface area contributed by atoms with E-state index in [-0.39, 0.29) is 12.5 Å². The topological polar surface area (TPSA) is 56.8 Å². The largest absolute Gasteiger partial charge is 0.490 e. The van der Waals surface area contributed by atoms with E-state index >= 15 is 0 Å². The molecule has 0 saturated carbocycles. The predicted octanol–water partition coefficient (Wildman–Crippen LogP) is 3.48. The number of hydrogen-bond acceptors (Lipinski definition) is 4. The van der Waals surface area contributed by atoms with Crippen LogP contribution < -0.4 is 19.5 Å². The van der Waals surface area contributed by atoms with Gasteiger partial charge in [-0.25, -0.2) is 0 Å². The molecule has 0 spiro atoms. The smallest absolute Gasteiger partial charge is 0.262 e. The van der Waals surface area contributed by atoms with Crippen molar-refractivity contribution in [1.29, 1.82) is 0 Å². The van der Waals surface area contributed by atoms with Crippen molar-refractivity contribution in [1.82, 2.24) is 0 Å². The number of benzene rings is 2. The highest BCUT2D eigenvalue weighted by molar-refractivity contribution is 5.92. The molecular weight excluding hydrogens is 306 g/mol. The number of fused-ring (bicyclic) bond motifs is 1. The summed E-state index contributed by atoms with van der Waals surface area (Å²) in [6.45, 7) is 5.26. The fourth-order valence-corrected chi connectivity index (χ4v) is 2.39. The van der Waals surface area contributed by atoms with E-state index in [0.29, 0.717) is 36.1 Å². The van der Waals surface area contributed by atoms with Gasteiger partial charge in [-0.1, -0.05) is 6.07 Å². The highest BCUT2D eigenvalue weighted by Gasteiger charge is 2.12. The van der Waals surface area contributed by atoms with E-state index in [0.717, 1.165) is 12.0 Å². The van der Waals surface area contributed by atoms with E-state index < -0.39 is 0 Å². The fourth-order valence-electron chi connectivity index (χ4n) is 2.39. The average molecular weight is 327 g/mol. The van der Waals surface area contributed by atoms with E-state index in [9.17, 15) is 4.79 Å². The number of hydrogen-bond donors (Lipinski definition) is 1. The van der Waals surface area contributed by atoms with Crippen LogP contribution in [0.4, 0.5) is 5.69 Å². The van der Waals surface area contributed by atoms with Crippen LogP contribution >= 0.6 is 0 Å². The summed E-state index contributed by atoms with van der Waals surface area (Å²) in [6.07, 6.45) is 0.847. The van der Waals surface area contributed by atoms with E-state index in [1.165, 1.54) is 5.56 Å². The van der Waals surface area contributed by atoms with Crippen molar-refractivity contribution in [2.75, 3.05) is 25.1 Å². The summed E-state index contributed by atoms with van der Waals surface area (Å²) >= 11 is 0. The molecule has 0 aliphatic carbocycles. The fraction of sp³-hybridized carbons (Fsp3) is 0.316. The molecule has 1 aliphatic rings. The molecule has 24 heavy (non-hydrogen) atoms.